The molecule has 1 saturated carbocycles. The fourth-order valence-corrected chi connectivity index (χ4v) is 4.32. The molecule has 4 N–H and O–H groups in total. The maximum absolute atomic E-state index is 10.3. The van der Waals surface area contributed by atoms with E-state index in [9.17, 15) is 10.2 Å². The first kappa shape index (κ1) is 23.6. The number of imidazole rings is 1. The highest BCUT2D eigenvalue weighted by Crippen LogP contribution is 2.33. The molecule has 1 aliphatic carbocycles. The van der Waals surface area contributed by atoms with Gasteiger partial charge in [-0.2, -0.15) is 9.97 Å². The lowest BCUT2D eigenvalue weighted by Crippen LogP contribution is -2.33. The van der Waals surface area contributed by atoms with E-state index in [0.717, 1.165) is 18.5 Å². The minimum Gasteiger partial charge on any atom is -0.506 e. The third-order valence-electron chi connectivity index (χ3n) is 6.68. The number of anilines is 2. The Hall–Kier alpha value is -2.58. The topological polar surface area (TPSA) is 108 Å². The molecular formula is C24H33ClN6O2. The molecule has 1 unspecified atom stereocenters. The molecule has 3 aromatic rings. The van der Waals surface area contributed by atoms with Gasteiger partial charge >= 0.3 is 0 Å². The predicted octanol–water partition coefficient (Wildman–Crippen LogP) is 5.12. The molecule has 2 heterocycles. The minimum atomic E-state index is -0.813. The number of hydrogen-bond acceptors (Lipinski definition) is 7. The van der Waals surface area contributed by atoms with Gasteiger partial charge < -0.3 is 25.4 Å². The molecule has 2 aromatic heterocycles. The van der Waals surface area contributed by atoms with Gasteiger partial charge in [-0.05, 0) is 32.8 Å². The van der Waals surface area contributed by atoms with E-state index >= 15 is 0 Å². The van der Waals surface area contributed by atoms with E-state index in [4.69, 9.17) is 16.6 Å². The summed E-state index contributed by atoms with van der Waals surface area (Å²) in [4.78, 5) is 14.1. The summed E-state index contributed by atoms with van der Waals surface area (Å²) < 4.78 is 2.17. The van der Waals surface area contributed by atoms with Gasteiger partial charge in [0.15, 0.2) is 17.0 Å². The van der Waals surface area contributed by atoms with Crippen molar-refractivity contribution in [2.75, 3.05) is 17.2 Å². The molecule has 0 bridgehead atoms. The van der Waals surface area contributed by atoms with Crippen molar-refractivity contribution >= 4 is 34.5 Å². The number of phenols is 1. The van der Waals surface area contributed by atoms with Crippen molar-refractivity contribution in [1.29, 1.82) is 0 Å². The Morgan fingerprint density at radius 3 is 2.67 bits per heavy atom. The number of benzene rings is 1. The van der Waals surface area contributed by atoms with Crippen molar-refractivity contribution in [3.63, 3.8) is 0 Å². The molecular weight excluding hydrogens is 440 g/mol. The Morgan fingerprint density at radius 1 is 1.18 bits per heavy atom. The van der Waals surface area contributed by atoms with Crippen LogP contribution in [0.5, 0.6) is 5.75 Å². The third kappa shape index (κ3) is 5.33. The number of para-hydroxylation sites is 1. The molecule has 0 amide bonds. The number of aliphatic hydroxyl groups is 1. The largest absolute Gasteiger partial charge is 0.506 e. The highest BCUT2D eigenvalue weighted by atomic mass is 35.5. The summed E-state index contributed by atoms with van der Waals surface area (Å²) in [6, 6.07) is 5.65. The number of hydrogen-bond donors (Lipinski definition) is 4. The SMILES string of the molecule is CC(CNc1nc(NCc2cccc(Cl)c2O)c2ncn(C3CCCCC3)c2n1)C(C)(C)O. The van der Waals surface area contributed by atoms with Crippen molar-refractivity contribution in [3.05, 3.63) is 35.1 Å². The maximum atomic E-state index is 10.3. The minimum absolute atomic E-state index is 0.000121. The van der Waals surface area contributed by atoms with E-state index in [1.54, 1.807) is 26.0 Å². The second-order valence-corrected chi connectivity index (χ2v) is 9.96. The second kappa shape index (κ2) is 9.73. The van der Waals surface area contributed by atoms with Crippen LogP contribution in [0.4, 0.5) is 11.8 Å². The van der Waals surface area contributed by atoms with Gasteiger partial charge in [0.25, 0.3) is 0 Å². The molecule has 0 radical (unpaired) electrons. The van der Waals surface area contributed by atoms with E-state index in [0.29, 0.717) is 47.0 Å². The molecule has 1 aliphatic rings. The number of aromatic hydroxyl groups is 1. The fraction of sp³-hybridized carbons (Fsp3) is 0.542. The monoisotopic (exact) mass is 472 g/mol. The number of nitrogens with one attached hydrogen (secondary N) is 2. The number of rotatable bonds is 8. The van der Waals surface area contributed by atoms with Crippen LogP contribution in [-0.2, 0) is 6.54 Å². The summed E-state index contributed by atoms with van der Waals surface area (Å²) in [5, 5.41) is 27.5. The average molecular weight is 473 g/mol. The quantitative estimate of drug-likeness (QED) is 0.360. The normalized spacial score (nSPS) is 16.2. The number of fused-ring (bicyclic) bond motifs is 1. The average Bonchev–Trinajstić information content (AvgIpc) is 3.22. The molecule has 178 valence electrons. The van der Waals surface area contributed by atoms with Gasteiger partial charge in [-0.15, -0.1) is 0 Å². The molecule has 0 aliphatic heterocycles. The van der Waals surface area contributed by atoms with Crippen LogP contribution in [0, 0.1) is 5.92 Å². The number of nitrogens with zero attached hydrogens (tertiary/aromatic N) is 4. The van der Waals surface area contributed by atoms with Crippen LogP contribution in [0.1, 0.15) is 64.5 Å². The van der Waals surface area contributed by atoms with E-state index in [1.165, 1.54) is 19.3 Å². The van der Waals surface area contributed by atoms with E-state index in [-0.39, 0.29) is 11.7 Å². The molecule has 0 saturated heterocycles. The smallest absolute Gasteiger partial charge is 0.226 e. The van der Waals surface area contributed by atoms with Crippen molar-refractivity contribution in [2.45, 2.75) is 71.1 Å². The Kier molecular flexibility index (Phi) is 6.95. The molecule has 9 heteroatoms. The Balaban J connectivity index is 1.65. The van der Waals surface area contributed by atoms with Crippen molar-refractivity contribution in [3.8, 4) is 5.75 Å². The number of phenolic OH excluding ortho intramolecular Hbond substituents is 1. The summed E-state index contributed by atoms with van der Waals surface area (Å²) in [5.74, 6) is 1.13. The lowest BCUT2D eigenvalue weighted by Gasteiger charge is -2.26. The number of aromatic nitrogens is 4. The first-order valence-electron chi connectivity index (χ1n) is 11.6. The van der Waals surface area contributed by atoms with Gasteiger partial charge in [0.1, 0.15) is 5.75 Å². The summed E-state index contributed by atoms with van der Waals surface area (Å²) >= 11 is 6.06. The van der Waals surface area contributed by atoms with Crippen LogP contribution in [0.3, 0.4) is 0 Å². The van der Waals surface area contributed by atoms with Crippen molar-refractivity contribution in [1.82, 2.24) is 19.5 Å². The summed E-state index contributed by atoms with van der Waals surface area (Å²) in [5.41, 5.74) is 1.34. The summed E-state index contributed by atoms with van der Waals surface area (Å²) in [6.07, 6.45) is 7.79. The van der Waals surface area contributed by atoms with Crippen LogP contribution < -0.4 is 10.6 Å². The lowest BCUT2D eigenvalue weighted by atomic mass is 9.93. The molecule has 4 rings (SSSR count). The molecule has 1 atom stereocenters. The highest BCUT2D eigenvalue weighted by Gasteiger charge is 2.24. The lowest BCUT2D eigenvalue weighted by molar-refractivity contribution is 0.0303. The van der Waals surface area contributed by atoms with Crippen LogP contribution in [0.15, 0.2) is 24.5 Å². The fourth-order valence-electron chi connectivity index (χ4n) is 4.12. The van der Waals surface area contributed by atoms with Gasteiger partial charge in [0, 0.05) is 30.6 Å². The molecule has 8 nitrogen and oxygen atoms in total. The van der Waals surface area contributed by atoms with Gasteiger partial charge in [-0.25, -0.2) is 4.98 Å². The van der Waals surface area contributed by atoms with E-state index in [2.05, 4.69) is 25.2 Å². The molecule has 1 fully saturated rings. The Morgan fingerprint density at radius 2 is 1.94 bits per heavy atom. The zero-order valence-corrected chi connectivity index (χ0v) is 20.2. The molecule has 0 spiro atoms. The second-order valence-electron chi connectivity index (χ2n) is 9.55. The number of halogens is 1. The van der Waals surface area contributed by atoms with E-state index < -0.39 is 5.60 Å². The van der Waals surface area contributed by atoms with Gasteiger partial charge in [0.05, 0.1) is 17.0 Å². The van der Waals surface area contributed by atoms with Crippen LogP contribution in [0.25, 0.3) is 11.2 Å². The predicted molar refractivity (Wildman–Crippen MR) is 132 cm³/mol. The van der Waals surface area contributed by atoms with Crippen LogP contribution in [-0.4, -0.2) is 41.9 Å². The third-order valence-corrected chi connectivity index (χ3v) is 6.98. The van der Waals surface area contributed by atoms with Crippen molar-refractivity contribution < 1.29 is 10.2 Å². The van der Waals surface area contributed by atoms with Crippen molar-refractivity contribution in [2.24, 2.45) is 5.92 Å². The van der Waals surface area contributed by atoms with Gasteiger partial charge in [-0.3, -0.25) is 0 Å². The summed E-state index contributed by atoms with van der Waals surface area (Å²) in [6.45, 7) is 6.45. The maximum Gasteiger partial charge on any atom is 0.226 e. The van der Waals surface area contributed by atoms with Gasteiger partial charge in [-0.1, -0.05) is 49.9 Å². The zero-order valence-electron chi connectivity index (χ0n) is 19.5. The van der Waals surface area contributed by atoms with Crippen LogP contribution in [0.2, 0.25) is 5.02 Å². The zero-order chi connectivity index (χ0) is 23.6. The Bertz CT molecular complexity index is 1100. The summed E-state index contributed by atoms with van der Waals surface area (Å²) in [7, 11) is 0. The first-order chi connectivity index (χ1) is 15.7. The Labute approximate surface area is 199 Å². The first-order valence-corrected chi connectivity index (χ1v) is 12.0. The van der Waals surface area contributed by atoms with Crippen LogP contribution >= 0.6 is 11.6 Å². The standard InChI is InChI=1S/C24H33ClN6O2/c1-15(24(2,3)33)12-27-23-29-21(26-13-16-8-7-11-18(25)20(16)32)19-22(30-23)31(14-28-19)17-9-5-4-6-10-17/h7-8,11,14-15,17,32-33H,4-6,9-10,12-13H2,1-3H3,(H2,26,27,29,30). The van der Waals surface area contributed by atoms with Gasteiger partial charge in [0.2, 0.25) is 5.95 Å². The molecule has 33 heavy (non-hydrogen) atoms. The van der Waals surface area contributed by atoms with E-state index in [1.807, 2.05) is 19.3 Å². The highest BCUT2D eigenvalue weighted by molar-refractivity contribution is 6.32. The molecule has 1 aromatic carbocycles.